The quantitative estimate of drug-likeness (QED) is 0.0847. The number of ether oxygens (including phenoxy) is 3. The van der Waals surface area contributed by atoms with Gasteiger partial charge in [0.1, 0.15) is 0 Å². The second-order valence-electron chi connectivity index (χ2n) is 11.3. The molecule has 1 atom stereocenters. The van der Waals surface area contributed by atoms with Gasteiger partial charge < -0.3 is 19.4 Å². The van der Waals surface area contributed by atoms with Crippen molar-refractivity contribution in [3.63, 3.8) is 0 Å². The molecule has 1 saturated heterocycles. The molecule has 1 fully saturated rings. The average molecular weight is 713 g/mol. The van der Waals surface area contributed by atoms with Crippen LogP contribution in [0, 0.1) is 18.0 Å². The molecule has 0 aliphatic carbocycles. The Morgan fingerprint density at radius 3 is 2.29 bits per heavy atom. The van der Waals surface area contributed by atoms with Gasteiger partial charge in [-0.2, -0.15) is 18.3 Å². The smallest absolute Gasteiger partial charge is 0.511 e. The molecule has 1 amide bonds. The van der Waals surface area contributed by atoms with E-state index in [9.17, 15) is 36.4 Å². The molecule has 0 saturated carbocycles. The van der Waals surface area contributed by atoms with Crippen molar-refractivity contribution in [3.8, 4) is 16.9 Å². The number of benzene rings is 2. The van der Waals surface area contributed by atoms with Crippen LogP contribution in [0.4, 0.5) is 22.8 Å². The lowest BCUT2D eigenvalue weighted by Crippen LogP contribution is -2.40. The zero-order valence-electron chi connectivity index (χ0n) is 26.9. The normalized spacial score (nSPS) is 15.1. The van der Waals surface area contributed by atoms with Crippen LogP contribution in [0.5, 0.6) is 0 Å². The molecule has 0 radical (unpaired) electrons. The van der Waals surface area contributed by atoms with Gasteiger partial charge >= 0.3 is 18.4 Å². The standard InChI is InChI=1S/C30H35F3N6O9S/c1-19(2)46-29(41)47-21(4)48-36-39(42)37-15-13-22(14-16-37)18-45-28(40)35-49(43,44)25-11-9-24(10-12-25)38-26(17-27(34-38)30(31,32)33)23-7-5-20(3)6-8-23/h5-12,17,19,21-22H,13-16,18H2,1-4H3,(H,35,40)/b39-36-. The predicted octanol–water partition coefficient (Wildman–Crippen LogP) is 5.71. The number of amides is 1. The van der Waals surface area contributed by atoms with E-state index in [2.05, 4.69) is 10.4 Å². The first kappa shape index (κ1) is 36.8. The highest BCUT2D eigenvalue weighted by Crippen LogP contribution is 2.33. The molecule has 1 N–H and O–H groups in total. The van der Waals surface area contributed by atoms with Gasteiger partial charge in [-0.15, -0.1) is 5.01 Å². The summed E-state index contributed by atoms with van der Waals surface area (Å²) in [6.07, 6.45) is -7.70. The number of sulfonamides is 1. The van der Waals surface area contributed by atoms with Crippen molar-refractivity contribution < 1.29 is 55.2 Å². The monoisotopic (exact) mass is 712 g/mol. The van der Waals surface area contributed by atoms with Crippen molar-refractivity contribution in [3.05, 3.63) is 71.1 Å². The number of nitrogens with one attached hydrogen (secondary N) is 1. The highest BCUT2D eigenvalue weighted by atomic mass is 32.2. The second-order valence-corrected chi connectivity index (χ2v) is 13.0. The van der Waals surface area contributed by atoms with E-state index in [1.807, 2.05) is 11.6 Å². The number of aryl methyl sites for hydroxylation is 1. The van der Waals surface area contributed by atoms with Gasteiger partial charge in [-0.1, -0.05) is 29.8 Å². The first-order chi connectivity index (χ1) is 23.0. The van der Waals surface area contributed by atoms with Crippen LogP contribution >= 0.6 is 0 Å². The van der Waals surface area contributed by atoms with Gasteiger partial charge in [0.25, 0.3) is 16.3 Å². The van der Waals surface area contributed by atoms with Gasteiger partial charge in [-0.25, -0.2) is 27.4 Å². The molecular weight excluding hydrogens is 677 g/mol. The van der Waals surface area contributed by atoms with Crippen LogP contribution in [0.3, 0.4) is 0 Å². The van der Waals surface area contributed by atoms with E-state index in [1.165, 1.54) is 24.1 Å². The summed E-state index contributed by atoms with van der Waals surface area (Å²) in [6, 6.07) is 12.5. The molecule has 266 valence electrons. The van der Waals surface area contributed by atoms with E-state index in [0.717, 1.165) is 28.4 Å². The lowest BCUT2D eigenvalue weighted by Gasteiger charge is -2.27. The zero-order chi connectivity index (χ0) is 35.9. The minimum atomic E-state index is -4.71. The summed E-state index contributed by atoms with van der Waals surface area (Å²) in [4.78, 5) is 28.6. The van der Waals surface area contributed by atoms with Crippen LogP contribution in [0.15, 0.2) is 64.8 Å². The summed E-state index contributed by atoms with van der Waals surface area (Å²) < 4.78 is 83.8. The van der Waals surface area contributed by atoms with Gasteiger partial charge in [-0.3, -0.25) is 4.84 Å². The summed E-state index contributed by atoms with van der Waals surface area (Å²) >= 11 is 0. The molecule has 4 rings (SSSR count). The maximum Gasteiger partial charge on any atom is 0.511 e. The van der Waals surface area contributed by atoms with Gasteiger partial charge in [0, 0.05) is 12.5 Å². The van der Waals surface area contributed by atoms with Crippen LogP contribution in [0.2, 0.25) is 0 Å². The molecule has 1 unspecified atom stereocenters. The number of hydrogen-bond acceptors (Lipinski definition) is 11. The number of carbonyl (C=O) groups excluding carboxylic acids is 2. The van der Waals surface area contributed by atoms with Gasteiger partial charge in [0.2, 0.25) is 5.28 Å². The number of aromatic nitrogens is 2. The van der Waals surface area contributed by atoms with E-state index in [-0.39, 0.29) is 46.9 Å². The Kier molecular flexibility index (Phi) is 11.6. The number of alkyl halides is 3. The summed E-state index contributed by atoms with van der Waals surface area (Å²) in [7, 11) is -4.40. The molecule has 0 bridgehead atoms. The lowest BCUT2D eigenvalue weighted by molar-refractivity contribution is -0.715. The fourth-order valence-electron chi connectivity index (χ4n) is 4.60. The number of hydrogen-bond donors (Lipinski definition) is 1. The highest BCUT2D eigenvalue weighted by Gasteiger charge is 2.35. The molecule has 49 heavy (non-hydrogen) atoms. The molecule has 2 heterocycles. The number of nitrogens with zero attached hydrogens (tertiary/aromatic N) is 5. The molecule has 2 aromatic carbocycles. The highest BCUT2D eigenvalue weighted by molar-refractivity contribution is 7.90. The second kappa shape index (κ2) is 15.4. The minimum Gasteiger partial charge on any atom is -0.569 e. The van der Waals surface area contributed by atoms with Crippen molar-refractivity contribution in [1.29, 1.82) is 0 Å². The van der Waals surface area contributed by atoms with Gasteiger partial charge in [0.15, 0.2) is 5.69 Å². The number of carbonyl (C=O) groups is 2. The Morgan fingerprint density at radius 2 is 1.69 bits per heavy atom. The average Bonchev–Trinajstić information content (AvgIpc) is 3.49. The zero-order valence-corrected chi connectivity index (χ0v) is 27.7. The molecule has 3 aromatic rings. The van der Waals surface area contributed by atoms with E-state index >= 15 is 0 Å². The van der Waals surface area contributed by atoms with Gasteiger partial charge in [-0.05, 0) is 69.9 Å². The topological polar surface area (TPSA) is 177 Å². The third-order valence-corrected chi connectivity index (χ3v) is 8.43. The third kappa shape index (κ3) is 10.2. The largest absolute Gasteiger partial charge is 0.569 e. The number of rotatable bonds is 11. The molecule has 19 heteroatoms. The van der Waals surface area contributed by atoms with E-state index in [0.29, 0.717) is 18.4 Å². The minimum absolute atomic E-state index is 0.133. The Balaban J connectivity index is 1.29. The summed E-state index contributed by atoms with van der Waals surface area (Å²) in [5.74, 6) is -0.190. The van der Waals surface area contributed by atoms with Crippen molar-refractivity contribution in [2.75, 3.05) is 19.7 Å². The summed E-state index contributed by atoms with van der Waals surface area (Å²) in [5.41, 5.74) is 0.561. The van der Waals surface area contributed by atoms with E-state index < -0.39 is 46.5 Å². The Hall–Kier alpha value is -5.07. The van der Waals surface area contributed by atoms with Crippen molar-refractivity contribution in [2.24, 2.45) is 11.2 Å². The Morgan fingerprint density at radius 1 is 1.06 bits per heavy atom. The maximum absolute atomic E-state index is 13.5. The lowest BCUT2D eigenvalue weighted by atomic mass is 9.99. The third-order valence-electron chi connectivity index (χ3n) is 7.10. The van der Waals surface area contributed by atoms with Crippen LogP contribution < -0.4 is 4.72 Å². The molecule has 0 spiro atoms. The van der Waals surface area contributed by atoms with E-state index in [1.54, 1.807) is 38.1 Å². The van der Waals surface area contributed by atoms with Crippen LogP contribution in [0.1, 0.15) is 44.9 Å². The summed E-state index contributed by atoms with van der Waals surface area (Å²) in [5, 5.41) is 20.6. The number of piperidine rings is 1. The first-order valence-corrected chi connectivity index (χ1v) is 16.5. The van der Waals surface area contributed by atoms with Crippen molar-refractivity contribution >= 4 is 22.3 Å². The van der Waals surface area contributed by atoms with Crippen LogP contribution in [-0.4, -0.2) is 72.5 Å². The van der Waals surface area contributed by atoms with Gasteiger partial charge in [0.05, 0.1) is 47.0 Å². The fraction of sp³-hybridized carbons (Fsp3) is 0.433. The first-order valence-electron chi connectivity index (χ1n) is 15.0. The maximum atomic E-state index is 13.5. The predicted molar refractivity (Wildman–Crippen MR) is 164 cm³/mol. The molecular formula is C30H35F3N6O9S. The van der Waals surface area contributed by atoms with Crippen LogP contribution in [-0.2, 0) is 35.2 Å². The molecule has 15 nitrogen and oxygen atoms in total. The Labute approximate surface area is 279 Å². The fourth-order valence-corrected chi connectivity index (χ4v) is 5.49. The SMILES string of the molecule is Cc1ccc(-c2cc(C(F)(F)F)nn2-c2ccc(S(=O)(=O)NC(=O)OCC3CCN(/[N+]([O-])=N/OC(C)OC(=O)OC(C)C)CC3)cc2)cc1. The molecule has 1 aliphatic heterocycles. The van der Waals surface area contributed by atoms with Crippen molar-refractivity contribution in [2.45, 2.75) is 64.0 Å². The number of halogens is 3. The number of hydrazine groups is 1. The Bertz CT molecular complexity index is 1740. The van der Waals surface area contributed by atoms with E-state index in [4.69, 9.17) is 19.0 Å². The summed E-state index contributed by atoms with van der Waals surface area (Å²) in [6.45, 7) is 6.75. The molecule has 1 aromatic heterocycles. The van der Waals surface area contributed by atoms with Crippen molar-refractivity contribution in [1.82, 2.24) is 19.5 Å². The van der Waals surface area contributed by atoms with Crippen LogP contribution in [0.25, 0.3) is 16.9 Å². The molecule has 1 aliphatic rings.